The number of rotatable bonds is 5. The van der Waals surface area contributed by atoms with Crippen molar-refractivity contribution in [2.75, 3.05) is 11.9 Å². The number of halogens is 2. The van der Waals surface area contributed by atoms with Gasteiger partial charge in [0.25, 0.3) is 0 Å². The van der Waals surface area contributed by atoms with Crippen LogP contribution >= 0.6 is 15.9 Å². The van der Waals surface area contributed by atoms with E-state index in [4.69, 9.17) is 4.74 Å². The molecule has 0 fully saturated rings. The van der Waals surface area contributed by atoms with E-state index in [1.54, 1.807) is 6.07 Å². The second-order valence-corrected chi connectivity index (χ2v) is 5.35. The van der Waals surface area contributed by atoms with Gasteiger partial charge in [0.1, 0.15) is 11.6 Å². The molecule has 0 saturated heterocycles. The second kappa shape index (κ2) is 6.75. The maximum Gasteiger partial charge on any atom is 0.124 e. The first-order valence-electron chi connectivity index (χ1n) is 6.54. The molecule has 0 heterocycles. The fraction of sp³-hybridized carbons (Fsp3) is 0.250. The van der Waals surface area contributed by atoms with E-state index in [2.05, 4.69) is 21.2 Å². The number of anilines is 1. The van der Waals surface area contributed by atoms with Crippen molar-refractivity contribution in [2.24, 2.45) is 0 Å². The molecule has 0 saturated carbocycles. The number of benzene rings is 2. The third-order valence-corrected chi connectivity index (χ3v) is 3.64. The van der Waals surface area contributed by atoms with Crippen molar-refractivity contribution in [2.45, 2.75) is 19.9 Å². The van der Waals surface area contributed by atoms with Crippen LogP contribution in [0.2, 0.25) is 0 Å². The predicted molar refractivity (Wildman–Crippen MR) is 83.7 cm³/mol. The molecule has 0 aliphatic heterocycles. The molecule has 106 valence electrons. The highest BCUT2D eigenvalue weighted by Crippen LogP contribution is 2.28. The van der Waals surface area contributed by atoms with Gasteiger partial charge in [-0.3, -0.25) is 0 Å². The highest BCUT2D eigenvalue weighted by atomic mass is 79.9. The summed E-state index contributed by atoms with van der Waals surface area (Å²) < 4.78 is 19.3. The molecule has 1 unspecified atom stereocenters. The van der Waals surface area contributed by atoms with Crippen LogP contribution in [0.15, 0.2) is 46.9 Å². The Balaban J connectivity index is 2.14. The van der Waals surface area contributed by atoms with Gasteiger partial charge in [0, 0.05) is 22.3 Å². The van der Waals surface area contributed by atoms with Crippen LogP contribution in [0, 0.1) is 5.82 Å². The largest absolute Gasteiger partial charge is 0.494 e. The van der Waals surface area contributed by atoms with Crippen LogP contribution in [0.25, 0.3) is 0 Å². The lowest BCUT2D eigenvalue weighted by Crippen LogP contribution is -2.07. The Bertz CT molecular complexity index is 588. The quantitative estimate of drug-likeness (QED) is 0.813. The van der Waals surface area contributed by atoms with Crippen LogP contribution < -0.4 is 10.1 Å². The van der Waals surface area contributed by atoms with Crippen LogP contribution in [0.5, 0.6) is 5.75 Å². The molecule has 0 aliphatic rings. The molecule has 0 aliphatic carbocycles. The first-order chi connectivity index (χ1) is 9.60. The van der Waals surface area contributed by atoms with Gasteiger partial charge in [0.05, 0.1) is 6.61 Å². The molecule has 1 N–H and O–H groups in total. The average molecular weight is 338 g/mol. The minimum absolute atomic E-state index is 0.0573. The van der Waals surface area contributed by atoms with E-state index in [1.807, 2.05) is 38.1 Å². The molecule has 2 aromatic carbocycles. The van der Waals surface area contributed by atoms with E-state index >= 15 is 0 Å². The summed E-state index contributed by atoms with van der Waals surface area (Å²) in [5.41, 5.74) is 1.98. The summed E-state index contributed by atoms with van der Waals surface area (Å²) in [4.78, 5) is 0. The van der Waals surface area contributed by atoms with Crippen molar-refractivity contribution in [1.29, 1.82) is 0 Å². The molecule has 0 bridgehead atoms. The predicted octanol–water partition coefficient (Wildman–Crippen LogP) is 5.16. The molecular weight excluding hydrogens is 321 g/mol. The Labute approximate surface area is 127 Å². The van der Waals surface area contributed by atoms with Crippen LogP contribution in [-0.2, 0) is 0 Å². The lowest BCUT2D eigenvalue weighted by atomic mass is 10.1. The molecule has 4 heteroatoms. The number of hydrogen-bond donors (Lipinski definition) is 1. The molecule has 0 amide bonds. The first-order valence-corrected chi connectivity index (χ1v) is 7.33. The van der Waals surface area contributed by atoms with Crippen LogP contribution in [-0.4, -0.2) is 6.61 Å². The normalized spacial score (nSPS) is 12.0. The second-order valence-electron chi connectivity index (χ2n) is 4.49. The fourth-order valence-electron chi connectivity index (χ4n) is 2.02. The zero-order valence-electron chi connectivity index (χ0n) is 11.5. The summed E-state index contributed by atoms with van der Waals surface area (Å²) >= 11 is 3.40. The number of hydrogen-bond acceptors (Lipinski definition) is 2. The molecule has 2 nitrogen and oxygen atoms in total. The van der Waals surface area contributed by atoms with Gasteiger partial charge in [-0.25, -0.2) is 4.39 Å². The Morgan fingerprint density at radius 2 is 2.05 bits per heavy atom. The smallest absolute Gasteiger partial charge is 0.124 e. The third-order valence-electron chi connectivity index (χ3n) is 2.96. The topological polar surface area (TPSA) is 21.3 Å². The first kappa shape index (κ1) is 14.9. The lowest BCUT2D eigenvalue weighted by Gasteiger charge is -2.18. The minimum Gasteiger partial charge on any atom is -0.494 e. The van der Waals surface area contributed by atoms with E-state index in [9.17, 15) is 4.39 Å². The number of nitrogens with one attached hydrogen (secondary N) is 1. The molecule has 20 heavy (non-hydrogen) atoms. The van der Waals surface area contributed by atoms with Crippen LogP contribution in [0.3, 0.4) is 0 Å². The van der Waals surface area contributed by atoms with Crippen molar-refractivity contribution >= 4 is 21.6 Å². The maximum absolute atomic E-state index is 13.1. The van der Waals surface area contributed by atoms with E-state index in [-0.39, 0.29) is 11.9 Å². The van der Waals surface area contributed by atoms with Crippen molar-refractivity contribution in [3.05, 3.63) is 58.3 Å². The standard InChI is InChI=1S/C16H17BrFNO/c1-3-20-14-6-4-5-13(10-14)19-11(2)15-8-7-12(18)9-16(15)17/h4-11,19H,3H2,1-2H3. The van der Waals surface area contributed by atoms with Gasteiger partial charge in [-0.15, -0.1) is 0 Å². The van der Waals surface area contributed by atoms with E-state index in [0.717, 1.165) is 21.5 Å². The van der Waals surface area contributed by atoms with Crippen molar-refractivity contribution in [3.8, 4) is 5.75 Å². The molecular formula is C16H17BrFNO. The Morgan fingerprint density at radius 3 is 2.75 bits per heavy atom. The summed E-state index contributed by atoms with van der Waals surface area (Å²) in [6.45, 7) is 4.63. The molecule has 0 aromatic heterocycles. The van der Waals surface area contributed by atoms with Gasteiger partial charge < -0.3 is 10.1 Å². The van der Waals surface area contributed by atoms with Crippen molar-refractivity contribution in [1.82, 2.24) is 0 Å². The fourth-order valence-corrected chi connectivity index (χ4v) is 2.72. The summed E-state index contributed by atoms with van der Waals surface area (Å²) in [7, 11) is 0. The van der Waals surface area contributed by atoms with Gasteiger partial charge in [0.15, 0.2) is 0 Å². The van der Waals surface area contributed by atoms with Crippen LogP contribution in [0.1, 0.15) is 25.5 Å². The third kappa shape index (κ3) is 3.73. The van der Waals surface area contributed by atoms with Gasteiger partial charge in [-0.2, -0.15) is 0 Å². The summed E-state index contributed by atoms with van der Waals surface area (Å²) in [6, 6.07) is 12.6. The summed E-state index contributed by atoms with van der Waals surface area (Å²) in [5, 5.41) is 3.38. The Kier molecular flexibility index (Phi) is 5.01. The van der Waals surface area contributed by atoms with E-state index in [1.165, 1.54) is 12.1 Å². The Hall–Kier alpha value is -1.55. The molecule has 2 rings (SSSR count). The van der Waals surface area contributed by atoms with Gasteiger partial charge in [0.2, 0.25) is 0 Å². The minimum atomic E-state index is -0.244. The van der Waals surface area contributed by atoms with E-state index in [0.29, 0.717) is 6.61 Å². The van der Waals surface area contributed by atoms with Crippen molar-refractivity contribution in [3.63, 3.8) is 0 Å². The van der Waals surface area contributed by atoms with Gasteiger partial charge >= 0.3 is 0 Å². The highest BCUT2D eigenvalue weighted by Gasteiger charge is 2.10. The lowest BCUT2D eigenvalue weighted by molar-refractivity contribution is 0.340. The monoisotopic (exact) mass is 337 g/mol. The van der Waals surface area contributed by atoms with Crippen molar-refractivity contribution < 1.29 is 9.13 Å². The van der Waals surface area contributed by atoms with Gasteiger partial charge in [-0.05, 0) is 43.7 Å². The molecule has 0 spiro atoms. The van der Waals surface area contributed by atoms with Crippen LogP contribution in [0.4, 0.5) is 10.1 Å². The zero-order valence-corrected chi connectivity index (χ0v) is 13.1. The summed E-state index contributed by atoms with van der Waals surface area (Å²) in [6.07, 6.45) is 0. The molecule has 1 atom stereocenters. The average Bonchev–Trinajstić information content (AvgIpc) is 2.39. The maximum atomic E-state index is 13.1. The Morgan fingerprint density at radius 1 is 1.25 bits per heavy atom. The SMILES string of the molecule is CCOc1cccc(NC(C)c2ccc(F)cc2Br)c1. The zero-order chi connectivity index (χ0) is 14.5. The van der Waals surface area contributed by atoms with Gasteiger partial charge in [-0.1, -0.05) is 28.1 Å². The summed E-state index contributed by atoms with van der Waals surface area (Å²) in [5.74, 6) is 0.592. The van der Waals surface area contributed by atoms with E-state index < -0.39 is 0 Å². The highest BCUT2D eigenvalue weighted by molar-refractivity contribution is 9.10. The number of ether oxygens (including phenoxy) is 1. The molecule has 0 radical (unpaired) electrons. The molecule has 2 aromatic rings.